The molecule has 1 saturated heterocycles. The monoisotopic (exact) mass is 405 g/mol. The zero-order valence-corrected chi connectivity index (χ0v) is 16.8. The van der Waals surface area contributed by atoms with Crippen molar-refractivity contribution in [2.45, 2.75) is 18.3 Å². The van der Waals surface area contributed by atoms with E-state index in [2.05, 4.69) is 20.0 Å². The zero-order valence-electron chi connectivity index (χ0n) is 16.8. The molecule has 3 aromatic rings. The van der Waals surface area contributed by atoms with Gasteiger partial charge in [-0.25, -0.2) is 9.97 Å². The van der Waals surface area contributed by atoms with Gasteiger partial charge in [-0.05, 0) is 31.0 Å². The lowest BCUT2D eigenvalue weighted by molar-refractivity contribution is -0.134. The van der Waals surface area contributed by atoms with E-state index in [0.29, 0.717) is 24.8 Å². The molecule has 2 aromatic heterocycles. The molecular formula is C22H23N5O3. The molecule has 5 rings (SSSR count). The molecule has 154 valence electrons. The smallest absolute Gasteiger partial charge is 0.235 e. The average molecular weight is 405 g/mol. The fourth-order valence-corrected chi connectivity index (χ4v) is 3.98. The minimum atomic E-state index is -0.550. The van der Waals surface area contributed by atoms with Crippen LogP contribution in [0.5, 0.6) is 5.75 Å². The maximum absolute atomic E-state index is 13.3. The first-order chi connectivity index (χ1) is 14.7. The summed E-state index contributed by atoms with van der Waals surface area (Å²) >= 11 is 0. The van der Waals surface area contributed by atoms with Gasteiger partial charge in [0, 0.05) is 50.2 Å². The summed E-state index contributed by atoms with van der Waals surface area (Å²) in [6.07, 6.45) is 5.09. The third-order valence-corrected chi connectivity index (χ3v) is 5.92. The van der Waals surface area contributed by atoms with Crippen LogP contribution in [0.4, 0.5) is 5.95 Å². The van der Waals surface area contributed by atoms with Crippen molar-refractivity contribution < 1.29 is 14.1 Å². The van der Waals surface area contributed by atoms with Crippen molar-refractivity contribution in [2.24, 2.45) is 0 Å². The first-order valence-electron chi connectivity index (χ1n) is 10.1. The largest absolute Gasteiger partial charge is 0.497 e. The molecule has 0 unspecified atom stereocenters. The van der Waals surface area contributed by atoms with E-state index in [-0.39, 0.29) is 5.91 Å². The summed E-state index contributed by atoms with van der Waals surface area (Å²) in [7, 11) is 1.63. The van der Waals surface area contributed by atoms with Gasteiger partial charge in [0.1, 0.15) is 5.75 Å². The molecule has 0 bridgehead atoms. The number of rotatable bonds is 5. The second-order valence-electron chi connectivity index (χ2n) is 7.72. The van der Waals surface area contributed by atoms with Crippen LogP contribution in [-0.2, 0) is 10.2 Å². The number of hydrogen-bond donors (Lipinski definition) is 0. The molecule has 30 heavy (non-hydrogen) atoms. The number of piperazine rings is 1. The number of hydrogen-bond acceptors (Lipinski definition) is 7. The number of ether oxygens (including phenoxy) is 1. The summed E-state index contributed by atoms with van der Waals surface area (Å²) in [5, 5.41) is 4.27. The normalized spacial score (nSPS) is 17.6. The summed E-state index contributed by atoms with van der Waals surface area (Å²) in [5.74, 6) is 2.25. The minimum absolute atomic E-state index is 0.140. The molecule has 8 nitrogen and oxygen atoms in total. The lowest BCUT2D eigenvalue weighted by Crippen LogP contribution is -2.52. The molecule has 0 radical (unpaired) electrons. The van der Waals surface area contributed by atoms with Gasteiger partial charge in [-0.2, -0.15) is 0 Å². The van der Waals surface area contributed by atoms with Crippen LogP contribution in [0.3, 0.4) is 0 Å². The Hall–Kier alpha value is -3.42. The van der Waals surface area contributed by atoms with E-state index < -0.39 is 5.41 Å². The van der Waals surface area contributed by atoms with E-state index in [1.165, 1.54) is 0 Å². The second kappa shape index (κ2) is 7.44. The van der Waals surface area contributed by atoms with Gasteiger partial charge in [-0.15, -0.1) is 0 Å². The van der Waals surface area contributed by atoms with E-state index in [9.17, 15) is 4.79 Å². The number of anilines is 1. The molecular weight excluding hydrogens is 382 g/mol. The quantitative estimate of drug-likeness (QED) is 0.645. The first-order valence-corrected chi connectivity index (χ1v) is 10.1. The van der Waals surface area contributed by atoms with Gasteiger partial charge in [0.2, 0.25) is 11.9 Å². The van der Waals surface area contributed by atoms with Crippen LogP contribution in [0.1, 0.15) is 18.5 Å². The number of amides is 1. The Labute approximate surface area is 174 Å². The Balaban J connectivity index is 1.29. The third-order valence-electron chi connectivity index (χ3n) is 5.92. The summed E-state index contributed by atoms with van der Waals surface area (Å²) < 4.78 is 10.9. The van der Waals surface area contributed by atoms with E-state index >= 15 is 0 Å². The second-order valence-corrected chi connectivity index (χ2v) is 7.72. The predicted octanol–water partition coefficient (Wildman–Crippen LogP) is 2.52. The molecule has 2 aliphatic rings. The lowest BCUT2D eigenvalue weighted by atomic mass is 9.99. The molecule has 1 amide bonds. The fourth-order valence-electron chi connectivity index (χ4n) is 3.98. The van der Waals surface area contributed by atoms with Crippen LogP contribution in [0, 0.1) is 0 Å². The summed E-state index contributed by atoms with van der Waals surface area (Å²) in [6.45, 7) is 2.75. The number of benzene rings is 1. The van der Waals surface area contributed by atoms with Crippen LogP contribution in [0.25, 0.3) is 11.3 Å². The highest BCUT2D eigenvalue weighted by Crippen LogP contribution is 2.50. The minimum Gasteiger partial charge on any atom is -0.497 e. The number of aromatic nitrogens is 3. The summed E-state index contributed by atoms with van der Waals surface area (Å²) in [4.78, 5) is 26.0. The number of methoxy groups -OCH3 is 1. The average Bonchev–Trinajstić information content (AvgIpc) is 3.48. The molecule has 3 heterocycles. The molecule has 1 aliphatic carbocycles. The molecule has 2 fully saturated rings. The van der Waals surface area contributed by atoms with Crippen molar-refractivity contribution in [3.63, 3.8) is 0 Å². The Morgan fingerprint density at radius 3 is 2.53 bits per heavy atom. The number of nitrogens with zero attached hydrogens (tertiary/aromatic N) is 5. The Morgan fingerprint density at radius 1 is 1.07 bits per heavy atom. The van der Waals surface area contributed by atoms with Crippen molar-refractivity contribution >= 4 is 11.9 Å². The van der Waals surface area contributed by atoms with Gasteiger partial charge in [0.05, 0.1) is 18.2 Å². The number of carbonyl (C=O) groups is 1. The highest BCUT2D eigenvalue weighted by molar-refractivity contribution is 5.91. The molecule has 1 aromatic carbocycles. The maximum Gasteiger partial charge on any atom is 0.235 e. The van der Waals surface area contributed by atoms with Crippen LogP contribution in [-0.4, -0.2) is 59.2 Å². The summed E-state index contributed by atoms with van der Waals surface area (Å²) in [5.41, 5.74) is 1.05. The van der Waals surface area contributed by atoms with Crippen molar-refractivity contribution in [3.05, 3.63) is 54.5 Å². The van der Waals surface area contributed by atoms with Crippen LogP contribution in [0.15, 0.2) is 53.3 Å². The molecule has 8 heteroatoms. The lowest BCUT2D eigenvalue weighted by Gasteiger charge is -2.36. The Bertz CT molecular complexity index is 1040. The van der Waals surface area contributed by atoms with E-state index in [1.807, 2.05) is 35.2 Å². The van der Waals surface area contributed by atoms with Crippen LogP contribution < -0.4 is 9.64 Å². The summed E-state index contributed by atoms with van der Waals surface area (Å²) in [6, 6.07) is 11.3. The van der Waals surface area contributed by atoms with Crippen molar-refractivity contribution in [2.75, 3.05) is 38.2 Å². The number of carbonyl (C=O) groups excluding carboxylic acids is 1. The molecule has 0 atom stereocenters. The van der Waals surface area contributed by atoms with Crippen molar-refractivity contribution in [1.82, 2.24) is 20.0 Å². The van der Waals surface area contributed by atoms with Crippen molar-refractivity contribution in [3.8, 4) is 17.1 Å². The topological polar surface area (TPSA) is 84.6 Å². The van der Waals surface area contributed by atoms with Gasteiger partial charge < -0.3 is 19.1 Å². The van der Waals surface area contributed by atoms with Gasteiger partial charge in [-0.3, -0.25) is 4.79 Å². The Morgan fingerprint density at radius 2 is 1.83 bits per heavy atom. The standard InChI is InChI=1S/C22H23N5O3/c1-29-17-5-2-4-16(14-17)18-15-19(25-30-18)22(6-7-22)20(28)26-10-12-27(13-11-26)21-23-8-3-9-24-21/h2-5,8-9,14-15H,6-7,10-13H2,1H3. The third kappa shape index (κ3) is 3.28. The zero-order chi connectivity index (χ0) is 20.6. The van der Waals surface area contributed by atoms with Gasteiger partial charge >= 0.3 is 0 Å². The van der Waals surface area contributed by atoms with Gasteiger partial charge in [-0.1, -0.05) is 17.3 Å². The molecule has 0 spiro atoms. The molecule has 1 aliphatic heterocycles. The Kier molecular flexibility index (Phi) is 4.61. The molecule has 0 N–H and O–H groups in total. The van der Waals surface area contributed by atoms with E-state index in [4.69, 9.17) is 9.26 Å². The van der Waals surface area contributed by atoms with Crippen molar-refractivity contribution in [1.29, 1.82) is 0 Å². The van der Waals surface area contributed by atoms with Crippen LogP contribution in [0.2, 0.25) is 0 Å². The van der Waals surface area contributed by atoms with Gasteiger partial charge in [0.25, 0.3) is 0 Å². The highest BCUT2D eigenvalue weighted by atomic mass is 16.5. The highest BCUT2D eigenvalue weighted by Gasteiger charge is 2.55. The fraction of sp³-hybridized carbons (Fsp3) is 0.364. The SMILES string of the molecule is COc1cccc(-c2cc(C3(C(=O)N4CCN(c5ncccn5)CC4)CC3)no2)c1. The predicted molar refractivity (Wildman–Crippen MR) is 110 cm³/mol. The van der Waals surface area contributed by atoms with Gasteiger partial charge in [0.15, 0.2) is 5.76 Å². The van der Waals surface area contributed by atoms with E-state index in [1.54, 1.807) is 25.6 Å². The van der Waals surface area contributed by atoms with E-state index in [0.717, 1.165) is 42.9 Å². The van der Waals surface area contributed by atoms with Crippen LogP contribution >= 0.6 is 0 Å². The maximum atomic E-state index is 13.3. The molecule has 1 saturated carbocycles. The first kappa shape index (κ1) is 18.6.